The first-order valence-electron chi connectivity index (χ1n) is 2.75. The minimum absolute atomic E-state index is 0.274. The molecule has 0 fully saturated rings. The summed E-state index contributed by atoms with van der Waals surface area (Å²) in [5.41, 5.74) is 5.28. The van der Waals surface area contributed by atoms with Crippen LogP contribution in [0.15, 0.2) is 0 Å². The molecule has 0 amide bonds. The molecule has 0 spiro atoms. The van der Waals surface area contributed by atoms with E-state index in [1.807, 2.05) is 6.26 Å². The Morgan fingerprint density at radius 2 is 2.55 bits per heavy atom. The van der Waals surface area contributed by atoms with E-state index in [-0.39, 0.29) is 5.95 Å². The van der Waals surface area contributed by atoms with Crippen LogP contribution in [0, 0.1) is 0 Å². The van der Waals surface area contributed by atoms with Crippen molar-refractivity contribution in [1.82, 2.24) is 15.2 Å². The molecule has 1 heterocycles. The number of thiocarbonyl (C=S) groups is 1. The quantitative estimate of drug-likeness (QED) is 0.556. The van der Waals surface area contributed by atoms with Gasteiger partial charge in [-0.15, -0.1) is 16.9 Å². The van der Waals surface area contributed by atoms with Crippen LogP contribution in [0.2, 0.25) is 0 Å². The van der Waals surface area contributed by atoms with Crippen molar-refractivity contribution in [2.24, 2.45) is 0 Å². The summed E-state index contributed by atoms with van der Waals surface area (Å²) in [5.74, 6) is 0.679. The first-order valence-corrected chi connectivity index (χ1v) is 4.38. The van der Waals surface area contributed by atoms with Gasteiger partial charge in [-0.05, 0) is 6.26 Å². The number of anilines is 2. The molecule has 0 unspecified atom stereocenters. The lowest BCUT2D eigenvalue weighted by Gasteiger charge is -1.96. The summed E-state index contributed by atoms with van der Waals surface area (Å²) >= 11 is 6.28. The van der Waals surface area contributed by atoms with E-state index >= 15 is 0 Å². The van der Waals surface area contributed by atoms with E-state index in [2.05, 4.69) is 20.5 Å². The maximum absolute atomic E-state index is 5.28. The van der Waals surface area contributed by atoms with Crippen LogP contribution in [0.5, 0.6) is 0 Å². The van der Waals surface area contributed by atoms with Gasteiger partial charge in [0.1, 0.15) is 4.32 Å². The second kappa shape index (κ2) is 3.54. The highest BCUT2D eigenvalue weighted by molar-refractivity contribution is 8.22. The number of hydrogen-bond donors (Lipinski definition) is 3. The lowest BCUT2D eigenvalue weighted by Crippen LogP contribution is -2.04. The number of aromatic amines is 1. The van der Waals surface area contributed by atoms with Crippen LogP contribution in [0.4, 0.5) is 11.9 Å². The predicted molar refractivity (Wildman–Crippen MR) is 50.5 cm³/mol. The average molecular weight is 189 g/mol. The lowest BCUT2D eigenvalue weighted by molar-refractivity contribution is 1.10. The fourth-order valence-electron chi connectivity index (χ4n) is 0.473. The lowest BCUT2D eigenvalue weighted by atomic mass is 11.0. The molecule has 0 saturated heterocycles. The first-order chi connectivity index (χ1) is 5.22. The maximum atomic E-state index is 5.28. The first kappa shape index (κ1) is 8.28. The third kappa shape index (κ3) is 2.35. The molecular weight excluding hydrogens is 182 g/mol. The Hall–Kier alpha value is -0.820. The molecule has 0 radical (unpaired) electrons. The van der Waals surface area contributed by atoms with Gasteiger partial charge in [0.15, 0.2) is 0 Å². The molecule has 60 valence electrons. The Kier molecular flexibility index (Phi) is 2.66. The molecule has 1 rings (SSSR count). The largest absolute Gasteiger partial charge is 0.368 e. The molecule has 4 N–H and O–H groups in total. The van der Waals surface area contributed by atoms with E-state index in [4.69, 9.17) is 18.0 Å². The monoisotopic (exact) mass is 189 g/mol. The highest BCUT2D eigenvalue weighted by atomic mass is 32.2. The number of nitrogens with one attached hydrogen (secondary N) is 2. The van der Waals surface area contributed by atoms with Crippen LogP contribution in [0.3, 0.4) is 0 Å². The third-order valence-corrected chi connectivity index (χ3v) is 1.98. The molecule has 5 nitrogen and oxygen atoms in total. The van der Waals surface area contributed by atoms with E-state index < -0.39 is 0 Å². The van der Waals surface area contributed by atoms with Gasteiger partial charge >= 0.3 is 0 Å². The van der Waals surface area contributed by atoms with Crippen molar-refractivity contribution in [1.29, 1.82) is 0 Å². The fraction of sp³-hybridized carbons (Fsp3) is 0.250. The summed E-state index contributed by atoms with van der Waals surface area (Å²) in [6.07, 6.45) is 1.87. The van der Waals surface area contributed by atoms with Gasteiger partial charge in [-0.25, -0.2) is 5.10 Å². The number of H-pyrrole nitrogens is 1. The number of nitrogens with zero attached hydrogens (tertiary/aromatic N) is 2. The molecule has 7 heteroatoms. The summed E-state index contributed by atoms with van der Waals surface area (Å²) in [7, 11) is 0. The Labute approximate surface area is 73.1 Å². The second-order valence-electron chi connectivity index (χ2n) is 1.66. The van der Waals surface area contributed by atoms with Crippen molar-refractivity contribution in [2.75, 3.05) is 17.3 Å². The van der Waals surface area contributed by atoms with Gasteiger partial charge in [-0.1, -0.05) is 12.2 Å². The van der Waals surface area contributed by atoms with Crippen molar-refractivity contribution in [3.8, 4) is 0 Å². The van der Waals surface area contributed by atoms with Gasteiger partial charge in [0, 0.05) is 0 Å². The summed E-state index contributed by atoms with van der Waals surface area (Å²) in [4.78, 5) is 3.80. The van der Waals surface area contributed by atoms with Crippen LogP contribution in [-0.4, -0.2) is 25.8 Å². The molecule has 0 aliphatic heterocycles. The Balaban J connectivity index is 2.57. The number of nitrogens with two attached hydrogens (primary N) is 1. The minimum atomic E-state index is 0.274. The number of hydrogen-bond acceptors (Lipinski definition) is 5. The van der Waals surface area contributed by atoms with Gasteiger partial charge in [0.2, 0.25) is 11.9 Å². The van der Waals surface area contributed by atoms with Crippen LogP contribution in [-0.2, 0) is 0 Å². The number of thioether (sulfide) groups is 1. The van der Waals surface area contributed by atoms with Crippen molar-refractivity contribution >= 4 is 40.2 Å². The zero-order chi connectivity index (χ0) is 8.27. The van der Waals surface area contributed by atoms with E-state index in [0.29, 0.717) is 10.3 Å². The summed E-state index contributed by atoms with van der Waals surface area (Å²) in [6, 6.07) is 0. The van der Waals surface area contributed by atoms with Gasteiger partial charge in [0.05, 0.1) is 0 Å². The molecule has 0 bridgehead atoms. The zero-order valence-electron chi connectivity index (χ0n) is 5.79. The molecule has 0 aliphatic rings. The van der Waals surface area contributed by atoms with Crippen LogP contribution in [0.1, 0.15) is 0 Å². The van der Waals surface area contributed by atoms with E-state index in [1.54, 1.807) is 0 Å². The standard InChI is InChI=1S/C4H7N5S2/c1-11-4(10)7-3-6-2(5)8-9-3/h1H3,(H4,5,6,7,8,9,10). The third-order valence-electron chi connectivity index (χ3n) is 0.902. The molecule has 0 saturated carbocycles. The van der Waals surface area contributed by atoms with Crippen LogP contribution >= 0.6 is 24.0 Å². The number of rotatable bonds is 1. The topological polar surface area (TPSA) is 79.6 Å². The normalized spacial score (nSPS) is 9.55. The van der Waals surface area contributed by atoms with E-state index in [0.717, 1.165) is 0 Å². The van der Waals surface area contributed by atoms with Crippen molar-refractivity contribution in [2.45, 2.75) is 0 Å². The molecule has 1 aromatic rings. The molecule has 0 aromatic carbocycles. The Bertz CT molecular complexity index is 257. The number of aromatic nitrogens is 3. The number of nitrogen functional groups attached to an aromatic ring is 1. The maximum Gasteiger partial charge on any atom is 0.249 e. The average Bonchev–Trinajstić information content (AvgIpc) is 2.35. The fourth-order valence-corrected chi connectivity index (χ4v) is 0.757. The summed E-state index contributed by atoms with van der Waals surface area (Å²) < 4.78 is 0.615. The van der Waals surface area contributed by atoms with Gasteiger partial charge in [0.25, 0.3) is 0 Å². The highest BCUT2D eigenvalue weighted by Gasteiger charge is 2.00. The molecule has 11 heavy (non-hydrogen) atoms. The van der Waals surface area contributed by atoms with Gasteiger partial charge < -0.3 is 11.1 Å². The smallest absolute Gasteiger partial charge is 0.249 e. The van der Waals surface area contributed by atoms with Crippen molar-refractivity contribution in [3.05, 3.63) is 0 Å². The Morgan fingerprint density at radius 3 is 3.00 bits per heavy atom. The predicted octanol–water partition coefficient (Wildman–Crippen LogP) is 0.447. The van der Waals surface area contributed by atoms with Gasteiger partial charge in [-0.2, -0.15) is 4.98 Å². The van der Waals surface area contributed by atoms with E-state index in [1.165, 1.54) is 11.8 Å². The summed E-state index contributed by atoms with van der Waals surface area (Å²) in [5, 5.41) is 8.99. The highest BCUT2D eigenvalue weighted by Crippen LogP contribution is 2.03. The van der Waals surface area contributed by atoms with Crippen molar-refractivity contribution < 1.29 is 0 Å². The van der Waals surface area contributed by atoms with Gasteiger partial charge in [-0.3, -0.25) is 0 Å². The molecule has 0 atom stereocenters. The zero-order valence-corrected chi connectivity index (χ0v) is 7.42. The van der Waals surface area contributed by atoms with Crippen molar-refractivity contribution in [3.63, 3.8) is 0 Å². The SMILES string of the molecule is CSC(=S)Nc1n[nH]c(N)n1. The van der Waals surface area contributed by atoms with E-state index in [9.17, 15) is 0 Å². The molecule has 0 aliphatic carbocycles. The molecule has 1 aromatic heterocycles. The second-order valence-corrected chi connectivity index (χ2v) is 3.14. The minimum Gasteiger partial charge on any atom is -0.368 e. The Morgan fingerprint density at radius 1 is 1.82 bits per heavy atom. The van der Waals surface area contributed by atoms with Crippen LogP contribution < -0.4 is 11.1 Å². The summed E-state index contributed by atoms with van der Waals surface area (Å²) in [6.45, 7) is 0. The van der Waals surface area contributed by atoms with Crippen LogP contribution in [0.25, 0.3) is 0 Å². The molecular formula is C4H7N5S2.